The first kappa shape index (κ1) is 11.1. The largest absolute Gasteiger partial charge is 0.464 e. The van der Waals surface area contributed by atoms with Gasteiger partial charge in [0.05, 0.1) is 12.0 Å². The van der Waals surface area contributed by atoms with Crippen molar-refractivity contribution >= 4 is 5.65 Å². The van der Waals surface area contributed by atoms with Crippen molar-refractivity contribution in [1.29, 1.82) is 0 Å². The van der Waals surface area contributed by atoms with Crippen molar-refractivity contribution < 1.29 is 4.42 Å². The molecule has 0 aliphatic heterocycles. The molecule has 3 nitrogen and oxygen atoms in total. The number of aromatic nitrogens is 2. The smallest absolute Gasteiger partial charge is 0.137 e. The summed E-state index contributed by atoms with van der Waals surface area (Å²) >= 11 is 0. The minimum Gasteiger partial charge on any atom is -0.464 e. The van der Waals surface area contributed by atoms with Gasteiger partial charge in [-0.1, -0.05) is 24.3 Å². The van der Waals surface area contributed by atoms with Crippen LogP contribution >= 0.6 is 0 Å². The maximum absolute atomic E-state index is 5.44. The minimum atomic E-state index is 0.871. The summed E-state index contributed by atoms with van der Waals surface area (Å²) in [6.07, 6.45) is 5.73. The van der Waals surface area contributed by atoms with Crippen LogP contribution in [0.25, 0.3) is 28.2 Å². The Kier molecular flexibility index (Phi) is 2.42. The van der Waals surface area contributed by atoms with Crippen molar-refractivity contribution in [3.63, 3.8) is 0 Å². The van der Waals surface area contributed by atoms with Crippen LogP contribution in [0.3, 0.4) is 0 Å². The summed E-state index contributed by atoms with van der Waals surface area (Å²) in [5.41, 5.74) is 4.06. The zero-order valence-corrected chi connectivity index (χ0v) is 10.7. The molecule has 1 aromatic carbocycles. The minimum absolute atomic E-state index is 0.871. The van der Waals surface area contributed by atoms with E-state index in [1.165, 1.54) is 0 Å². The molecule has 0 radical (unpaired) electrons. The molecule has 4 rings (SSSR count). The lowest BCUT2D eigenvalue weighted by atomic mass is 10.1. The van der Waals surface area contributed by atoms with Gasteiger partial charge in [0, 0.05) is 23.5 Å². The van der Waals surface area contributed by atoms with E-state index in [1.54, 1.807) is 6.26 Å². The molecule has 0 amide bonds. The van der Waals surface area contributed by atoms with Gasteiger partial charge >= 0.3 is 0 Å². The number of pyridine rings is 1. The molecule has 0 saturated heterocycles. The molecule has 3 aromatic heterocycles. The van der Waals surface area contributed by atoms with E-state index in [9.17, 15) is 0 Å². The Morgan fingerprint density at radius 3 is 2.70 bits per heavy atom. The molecule has 3 heteroatoms. The predicted octanol–water partition coefficient (Wildman–Crippen LogP) is 4.26. The van der Waals surface area contributed by atoms with E-state index in [0.717, 1.165) is 28.2 Å². The molecule has 0 N–H and O–H groups in total. The van der Waals surface area contributed by atoms with E-state index in [4.69, 9.17) is 4.42 Å². The monoisotopic (exact) mass is 260 g/mol. The predicted molar refractivity (Wildman–Crippen MR) is 78.3 cm³/mol. The summed E-state index contributed by atoms with van der Waals surface area (Å²) in [7, 11) is 0. The normalized spacial score (nSPS) is 11.0. The van der Waals surface area contributed by atoms with Crippen molar-refractivity contribution in [3.8, 4) is 22.6 Å². The van der Waals surface area contributed by atoms with Gasteiger partial charge in [-0.25, -0.2) is 4.98 Å². The maximum atomic E-state index is 5.44. The second-order valence-corrected chi connectivity index (χ2v) is 4.65. The molecule has 0 atom stereocenters. The molecule has 4 aromatic rings. The van der Waals surface area contributed by atoms with Gasteiger partial charge in [0.2, 0.25) is 0 Å². The molecule has 20 heavy (non-hydrogen) atoms. The van der Waals surface area contributed by atoms with Gasteiger partial charge in [0.15, 0.2) is 0 Å². The van der Waals surface area contributed by atoms with E-state index >= 15 is 0 Å². The zero-order valence-electron chi connectivity index (χ0n) is 10.7. The quantitative estimate of drug-likeness (QED) is 0.539. The van der Waals surface area contributed by atoms with E-state index in [1.807, 2.05) is 59.3 Å². The standard InChI is InChI=1S/C17H12N2O/c1-2-9-19-12-15(18-17(19)8-1)13-5-3-6-14(11-13)16-7-4-10-20-16/h1-12H. The molecule has 0 spiro atoms. The van der Waals surface area contributed by atoms with E-state index in [-0.39, 0.29) is 0 Å². The number of furan rings is 1. The van der Waals surface area contributed by atoms with Gasteiger partial charge in [-0.2, -0.15) is 0 Å². The molecule has 0 fully saturated rings. The van der Waals surface area contributed by atoms with E-state index in [2.05, 4.69) is 17.1 Å². The van der Waals surface area contributed by atoms with Crippen LogP contribution < -0.4 is 0 Å². The van der Waals surface area contributed by atoms with Crippen molar-refractivity contribution in [1.82, 2.24) is 9.38 Å². The SMILES string of the molecule is c1cc(-c2cn3ccccc3n2)cc(-c2ccco2)c1. The first-order chi connectivity index (χ1) is 9.90. The lowest BCUT2D eigenvalue weighted by Gasteiger charge is -2.00. The van der Waals surface area contributed by atoms with Gasteiger partial charge in [-0.05, 0) is 30.3 Å². The van der Waals surface area contributed by atoms with Crippen LogP contribution in [0, 0.1) is 0 Å². The zero-order chi connectivity index (χ0) is 13.4. The Balaban J connectivity index is 1.84. The number of rotatable bonds is 2. The van der Waals surface area contributed by atoms with Crippen molar-refractivity contribution in [2.45, 2.75) is 0 Å². The summed E-state index contributed by atoms with van der Waals surface area (Å²) < 4.78 is 7.47. The second-order valence-electron chi connectivity index (χ2n) is 4.65. The molecule has 3 heterocycles. The van der Waals surface area contributed by atoms with Crippen LogP contribution in [0.1, 0.15) is 0 Å². The average Bonchev–Trinajstić information content (AvgIpc) is 3.16. The van der Waals surface area contributed by atoms with Crippen molar-refractivity contribution in [3.05, 3.63) is 73.3 Å². The van der Waals surface area contributed by atoms with Crippen molar-refractivity contribution in [2.24, 2.45) is 0 Å². The van der Waals surface area contributed by atoms with E-state index < -0.39 is 0 Å². The molecule has 0 aliphatic carbocycles. The summed E-state index contributed by atoms with van der Waals surface area (Å²) in [6, 6.07) is 18.1. The number of benzene rings is 1. The highest BCUT2D eigenvalue weighted by Gasteiger charge is 2.06. The van der Waals surface area contributed by atoms with Gasteiger partial charge in [-0.15, -0.1) is 0 Å². The van der Waals surface area contributed by atoms with Crippen LogP contribution in [-0.4, -0.2) is 9.38 Å². The van der Waals surface area contributed by atoms with Crippen LogP contribution in [-0.2, 0) is 0 Å². The van der Waals surface area contributed by atoms with Crippen molar-refractivity contribution in [2.75, 3.05) is 0 Å². The summed E-state index contributed by atoms with van der Waals surface area (Å²) in [6.45, 7) is 0. The third-order valence-corrected chi connectivity index (χ3v) is 3.33. The number of hydrogen-bond donors (Lipinski definition) is 0. The molecule has 0 bridgehead atoms. The third kappa shape index (κ3) is 1.80. The third-order valence-electron chi connectivity index (χ3n) is 3.33. The van der Waals surface area contributed by atoms with Gasteiger partial charge in [0.25, 0.3) is 0 Å². The Bertz CT molecular complexity index is 826. The fourth-order valence-corrected chi connectivity index (χ4v) is 2.35. The van der Waals surface area contributed by atoms with Crippen LogP contribution in [0.15, 0.2) is 77.7 Å². The summed E-state index contributed by atoms with van der Waals surface area (Å²) in [5.74, 6) is 0.871. The Morgan fingerprint density at radius 1 is 0.900 bits per heavy atom. The summed E-state index contributed by atoms with van der Waals surface area (Å²) in [4.78, 5) is 4.64. The van der Waals surface area contributed by atoms with Crippen LogP contribution in [0.4, 0.5) is 0 Å². The van der Waals surface area contributed by atoms with Gasteiger partial charge in [0.1, 0.15) is 11.4 Å². The number of nitrogens with zero attached hydrogens (tertiary/aromatic N) is 2. The van der Waals surface area contributed by atoms with Gasteiger partial charge < -0.3 is 8.82 Å². The first-order valence-corrected chi connectivity index (χ1v) is 6.48. The molecule has 96 valence electrons. The lowest BCUT2D eigenvalue weighted by Crippen LogP contribution is -1.79. The highest BCUT2D eigenvalue weighted by molar-refractivity contribution is 5.69. The molecule has 0 aliphatic rings. The fourth-order valence-electron chi connectivity index (χ4n) is 2.35. The highest BCUT2D eigenvalue weighted by Crippen LogP contribution is 2.26. The van der Waals surface area contributed by atoms with Gasteiger partial charge in [-0.3, -0.25) is 0 Å². The Morgan fingerprint density at radius 2 is 1.85 bits per heavy atom. The lowest BCUT2D eigenvalue weighted by molar-refractivity contribution is 0.582. The molecule has 0 unspecified atom stereocenters. The first-order valence-electron chi connectivity index (χ1n) is 6.48. The average molecular weight is 260 g/mol. The Labute approximate surface area is 116 Å². The number of imidazole rings is 1. The molecule has 0 saturated carbocycles. The summed E-state index contributed by atoms with van der Waals surface area (Å²) in [5, 5.41) is 0. The van der Waals surface area contributed by atoms with Crippen LogP contribution in [0.2, 0.25) is 0 Å². The van der Waals surface area contributed by atoms with Crippen LogP contribution in [0.5, 0.6) is 0 Å². The van der Waals surface area contributed by atoms with E-state index in [0.29, 0.717) is 0 Å². The number of fused-ring (bicyclic) bond motifs is 1. The fraction of sp³-hybridized carbons (Fsp3) is 0. The second kappa shape index (κ2) is 4.38. The maximum Gasteiger partial charge on any atom is 0.137 e. The Hall–Kier alpha value is -2.81. The molecular formula is C17H12N2O. The number of hydrogen-bond acceptors (Lipinski definition) is 2. The molecular weight excluding hydrogens is 248 g/mol. The topological polar surface area (TPSA) is 30.4 Å². The highest BCUT2D eigenvalue weighted by atomic mass is 16.3.